The van der Waals surface area contributed by atoms with Gasteiger partial charge in [0.2, 0.25) is 5.75 Å². The van der Waals surface area contributed by atoms with Crippen LogP contribution in [-0.4, -0.2) is 27.4 Å². The second-order valence-corrected chi connectivity index (χ2v) is 6.33. The highest BCUT2D eigenvalue weighted by Gasteiger charge is 2.29. The summed E-state index contributed by atoms with van der Waals surface area (Å²) in [5.41, 5.74) is 2.30. The number of hydrogen-bond acceptors (Lipinski definition) is 4. The highest BCUT2D eigenvalue weighted by molar-refractivity contribution is 5.53. The molecule has 1 aliphatic rings. The molecule has 0 radical (unpaired) electrons. The predicted octanol–water partition coefficient (Wildman–Crippen LogP) is 3.89. The van der Waals surface area contributed by atoms with Crippen molar-refractivity contribution >= 4 is 0 Å². The minimum atomic E-state index is -0.180. The van der Waals surface area contributed by atoms with Gasteiger partial charge in [-0.3, -0.25) is 0 Å². The fourth-order valence-electron chi connectivity index (χ4n) is 3.29. The molecule has 1 fully saturated rings. The van der Waals surface area contributed by atoms with Gasteiger partial charge in [0.15, 0.2) is 11.5 Å². The summed E-state index contributed by atoms with van der Waals surface area (Å²) in [5.74, 6) is 2.26. The topological polar surface area (TPSA) is 39.7 Å². The Kier molecular flexibility index (Phi) is 5.43. The first-order chi connectivity index (χ1) is 12.1. The monoisotopic (exact) mass is 345 g/mol. The van der Waals surface area contributed by atoms with Gasteiger partial charge in [-0.15, -0.1) is 0 Å². The Balaban J connectivity index is 1.57. The SMILES string of the molecule is COc1cc(CNC2CC(c3ccc(F)cc3)C2)cc(OC)c1OC. The van der Waals surface area contributed by atoms with Crippen molar-refractivity contribution in [3.63, 3.8) is 0 Å². The van der Waals surface area contributed by atoms with Gasteiger partial charge in [0.05, 0.1) is 21.3 Å². The summed E-state index contributed by atoms with van der Waals surface area (Å²) in [5, 5.41) is 3.56. The molecule has 0 amide bonds. The molecule has 1 saturated carbocycles. The van der Waals surface area contributed by atoms with E-state index in [0.717, 1.165) is 24.9 Å². The lowest BCUT2D eigenvalue weighted by molar-refractivity contribution is 0.288. The van der Waals surface area contributed by atoms with Crippen LogP contribution in [0.5, 0.6) is 17.2 Å². The molecule has 5 heteroatoms. The van der Waals surface area contributed by atoms with Crippen LogP contribution < -0.4 is 19.5 Å². The van der Waals surface area contributed by atoms with Crippen LogP contribution in [0.2, 0.25) is 0 Å². The van der Waals surface area contributed by atoms with Gasteiger partial charge >= 0.3 is 0 Å². The van der Waals surface area contributed by atoms with Crippen molar-refractivity contribution in [2.75, 3.05) is 21.3 Å². The third kappa shape index (κ3) is 3.87. The van der Waals surface area contributed by atoms with E-state index < -0.39 is 0 Å². The zero-order chi connectivity index (χ0) is 17.8. The summed E-state index contributed by atoms with van der Waals surface area (Å²) in [6.07, 6.45) is 2.13. The standard InChI is InChI=1S/C20H24FNO3/c1-23-18-8-13(9-19(24-2)20(18)25-3)12-22-17-10-15(11-17)14-4-6-16(21)7-5-14/h4-9,15,17,22H,10-12H2,1-3H3. The molecule has 4 nitrogen and oxygen atoms in total. The molecule has 0 saturated heterocycles. The summed E-state index contributed by atoms with van der Waals surface area (Å²) in [6.45, 7) is 0.734. The largest absolute Gasteiger partial charge is 0.493 e. The van der Waals surface area contributed by atoms with Gasteiger partial charge in [-0.25, -0.2) is 4.39 Å². The van der Waals surface area contributed by atoms with Gasteiger partial charge < -0.3 is 19.5 Å². The molecule has 2 aromatic rings. The maximum atomic E-state index is 13.0. The van der Waals surface area contributed by atoms with Crippen LogP contribution in [0.4, 0.5) is 4.39 Å². The number of hydrogen-bond donors (Lipinski definition) is 1. The fraction of sp³-hybridized carbons (Fsp3) is 0.400. The van der Waals surface area contributed by atoms with Crippen LogP contribution in [0.1, 0.15) is 29.9 Å². The number of benzene rings is 2. The number of methoxy groups -OCH3 is 3. The quantitative estimate of drug-likeness (QED) is 0.826. The molecule has 1 aliphatic carbocycles. The van der Waals surface area contributed by atoms with Gasteiger partial charge in [0.1, 0.15) is 5.82 Å². The van der Waals surface area contributed by atoms with Crippen LogP contribution in [0.3, 0.4) is 0 Å². The number of ether oxygens (including phenoxy) is 3. The zero-order valence-electron chi connectivity index (χ0n) is 14.8. The predicted molar refractivity (Wildman–Crippen MR) is 95.1 cm³/mol. The molecule has 0 aliphatic heterocycles. The average molecular weight is 345 g/mol. The lowest BCUT2D eigenvalue weighted by Crippen LogP contribution is -2.39. The van der Waals surface area contributed by atoms with Crippen LogP contribution in [-0.2, 0) is 6.54 Å². The van der Waals surface area contributed by atoms with Gasteiger partial charge in [0, 0.05) is 12.6 Å². The molecule has 1 N–H and O–H groups in total. The molecule has 134 valence electrons. The van der Waals surface area contributed by atoms with E-state index in [4.69, 9.17) is 14.2 Å². The fourth-order valence-corrected chi connectivity index (χ4v) is 3.29. The zero-order valence-corrected chi connectivity index (χ0v) is 14.8. The Morgan fingerprint density at radius 2 is 1.56 bits per heavy atom. The summed E-state index contributed by atoms with van der Waals surface area (Å²) < 4.78 is 29.1. The van der Waals surface area contributed by atoms with Crippen molar-refractivity contribution in [2.24, 2.45) is 0 Å². The summed E-state index contributed by atoms with van der Waals surface area (Å²) in [7, 11) is 4.84. The Hall–Kier alpha value is -2.27. The normalized spacial score (nSPS) is 19.2. The van der Waals surface area contributed by atoms with E-state index in [1.165, 1.54) is 17.7 Å². The molecule has 0 spiro atoms. The average Bonchev–Trinajstić information content (AvgIpc) is 2.60. The van der Waals surface area contributed by atoms with E-state index in [1.807, 2.05) is 24.3 Å². The van der Waals surface area contributed by atoms with Crippen molar-refractivity contribution in [1.29, 1.82) is 0 Å². The lowest BCUT2D eigenvalue weighted by Gasteiger charge is -2.36. The van der Waals surface area contributed by atoms with Crippen LogP contribution in [0, 0.1) is 5.82 Å². The molecule has 0 unspecified atom stereocenters. The Morgan fingerprint density at radius 1 is 0.960 bits per heavy atom. The molecule has 3 rings (SSSR count). The molecule has 0 atom stereocenters. The maximum absolute atomic E-state index is 13.0. The molecule has 0 aromatic heterocycles. The Bertz CT molecular complexity index is 686. The van der Waals surface area contributed by atoms with Crippen LogP contribution >= 0.6 is 0 Å². The van der Waals surface area contributed by atoms with Gasteiger partial charge in [0.25, 0.3) is 0 Å². The summed E-state index contributed by atoms with van der Waals surface area (Å²) in [4.78, 5) is 0. The molecule has 2 aromatic carbocycles. The van der Waals surface area contributed by atoms with Gasteiger partial charge in [-0.1, -0.05) is 12.1 Å². The lowest BCUT2D eigenvalue weighted by atomic mass is 9.76. The first-order valence-electron chi connectivity index (χ1n) is 8.42. The van der Waals surface area contributed by atoms with E-state index in [0.29, 0.717) is 29.2 Å². The first-order valence-corrected chi connectivity index (χ1v) is 8.42. The second-order valence-electron chi connectivity index (χ2n) is 6.33. The number of nitrogens with one attached hydrogen (secondary N) is 1. The minimum absolute atomic E-state index is 0.180. The van der Waals surface area contributed by atoms with Crippen LogP contribution in [0.15, 0.2) is 36.4 Å². The Morgan fingerprint density at radius 3 is 2.08 bits per heavy atom. The van der Waals surface area contributed by atoms with Gasteiger partial charge in [-0.05, 0) is 54.2 Å². The van der Waals surface area contributed by atoms with Crippen molar-refractivity contribution in [3.05, 3.63) is 53.3 Å². The molecule has 0 bridgehead atoms. The van der Waals surface area contributed by atoms with E-state index >= 15 is 0 Å². The number of halogens is 1. The molecular formula is C20H24FNO3. The van der Waals surface area contributed by atoms with E-state index in [-0.39, 0.29) is 5.82 Å². The number of rotatable bonds is 7. The second kappa shape index (κ2) is 7.74. The summed E-state index contributed by atoms with van der Waals surface area (Å²) >= 11 is 0. The highest BCUT2D eigenvalue weighted by atomic mass is 19.1. The van der Waals surface area contributed by atoms with Crippen molar-refractivity contribution < 1.29 is 18.6 Å². The molecule has 0 heterocycles. The highest BCUT2D eigenvalue weighted by Crippen LogP contribution is 2.39. The summed E-state index contributed by atoms with van der Waals surface area (Å²) in [6, 6.07) is 11.2. The smallest absolute Gasteiger partial charge is 0.203 e. The molecule has 25 heavy (non-hydrogen) atoms. The van der Waals surface area contributed by atoms with E-state index in [1.54, 1.807) is 21.3 Å². The van der Waals surface area contributed by atoms with E-state index in [9.17, 15) is 4.39 Å². The third-order valence-corrected chi connectivity index (χ3v) is 4.80. The van der Waals surface area contributed by atoms with Crippen molar-refractivity contribution in [1.82, 2.24) is 5.32 Å². The van der Waals surface area contributed by atoms with Crippen molar-refractivity contribution in [2.45, 2.75) is 31.3 Å². The third-order valence-electron chi connectivity index (χ3n) is 4.80. The van der Waals surface area contributed by atoms with Crippen molar-refractivity contribution in [3.8, 4) is 17.2 Å². The maximum Gasteiger partial charge on any atom is 0.203 e. The van der Waals surface area contributed by atoms with Gasteiger partial charge in [-0.2, -0.15) is 0 Å². The Labute approximate surface area is 147 Å². The van der Waals surface area contributed by atoms with E-state index in [2.05, 4.69) is 5.32 Å². The minimum Gasteiger partial charge on any atom is -0.493 e. The first kappa shape index (κ1) is 17.5. The van der Waals surface area contributed by atoms with Crippen LogP contribution in [0.25, 0.3) is 0 Å². The molecular weight excluding hydrogens is 321 g/mol.